The lowest BCUT2D eigenvalue weighted by Gasteiger charge is -2.36. The lowest BCUT2D eigenvalue weighted by atomic mass is 10.2. The number of carbonyl (C=O) groups is 2. The summed E-state index contributed by atoms with van der Waals surface area (Å²) in [7, 11) is 0. The molecule has 0 aromatic carbocycles. The van der Waals surface area contributed by atoms with Crippen molar-refractivity contribution in [1.29, 1.82) is 0 Å². The SMILES string of the molecule is CC(C)N1CCN(C(=O)NCC(=O)O)CC1. The molecule has 1 aliphatic rings. The number of nitrogens with zero attached hydrogens (tertiary/aromatic N) is 2. The normalized spacial score (nSPS) is 17.6. The van der Waals surface area contributed by atoms with E-state index < -0.39 is 5.97 Å². The van der Waals surface area contributed by atoms with E-state index in [0.717, 1.165) is 13.1 Å². The second-order valence-corrected chi connectivity index (χ2v) is 4.17. The Balaban J connectivity index is 2.30. The van der Waals surface area contributed by atoms with E-state index in [1.54, 1.807) is 4.90 Å². The molecule has 0 atom stereocenters. The maximum atomic E-state index is 11.5. The van der Waals surface area contributed by atoms with E-state index in [1.165, 1.54) is 0 Å². The molecule has 6 nitrogen and oxygen atoms in total. The van der Waals surface area contributed by atoms with Gasteiger partial charge in [0.25, 0.3) is 0 Å². The van der Waals surface area contributed by atoms with Crippen molar-refractivity contribution >= 4 is 12.0 Å². The number of rotatable bonds is 3. The first-order chi connectivity index (χ1) is 7.50. The summed E-state index contributed by atoms with van der Waals surface area (Å²) in [5.74, 6) is -1.02. The zero-order valence-electron chi connectivity index (χ0n) is 9.77. The largest absolute Gasteiger partial charge is 0.480 e. The van der Waals surface area contributed by atoms with Crippen molar-refractivity contribution in [1.82, 2.24) is 15.1 Å². The third-order valence-electron chi connectivity index (χ3n) is 2.72. The van der Waals surface area contributed by atoms with Crippen LogP contribution in [0.5, 0.6) is 0 Å². The molecule has 0 saturated carbocycles. The predicted octanol–water partition coefficient (Wildman–Crippen LogP) is -0.193. The Labute approximate surface area is 95.2 Å². The number of hydrogen-bond donors (Lipinski definition) is 2. The highest BCUT2D eigenvalue weighted by Gasteiger charge is 2.22. The molecule has 1 saturated heterocycles. The number of hydrogen-bond acceptors (Lipinski definition) is 3. The molecule has 1 heterocycles. The fourth-order valence-electron chi connectivity index (χ4n) is 1.70. The highest BCUT2D eigenvalue weighted by atomic mass is 16.4. The van der Waals surface area contributed by atoms with Gasteiger partial charge in [-0.2, -0.15) is 0 Å². The number of aliphatic carboxylic acids is 1. The van der Waals surface area contributed by atoms with E-state index in [4.69, 9.17) is 5.11 Å². The van der Waals surface area contributed by atoms with Crippen LogP contribution in [-0.2, 0) is 4.79 Å². The van der Waals surface area contributed by atoms with E-state index in [9.17, 15) is 9.59 Å². The molecule has 0 radical (unpaired) electrons. The van der Waals surface area contributed by atoms with Gasteiger partial charge in [0.15, 0.2) is 0 Å². The van der Waals surface area contributed by atoms with Gasteiger partial charge < -0.3 is 15.3 Å². The van der Waals surface area contributed by atoms with E-state index in [1.807, 2.05) is 0 Å². The van der Waals surface area contributed by atoms with Crippen LogP contribution >= 0.6 is 0 Å². The highest BCUT2D eigenvalue weighted by Crippen LogP contribution is 2.05. The Morgan fingerprint density at radius 1 is 1.25 bits per heavy atom. The number of urea groups is 1. The minimum absolute atomic E-state index is 0.286. The molecule has 0 spiro atoms. The molecule has 92 valence electrons. The van der Waals surface area contributed by atoms with Gasteiger partial charge in [-0.15, -0.1) is 0 Å². The van der Waals surface area contributed by atoms with E-state index in [-0.39, 0.29) is 12.6 Å². The predicted molar refractivity (Wildman–Crippen MR) is 59.3 cm³/mol. The second kappa shape index (κ2) is 5.69. The van der Waals surface area contributed by atoms with E-state index >= 15 is 0 Å². The Hall–Kier alpha value is -1.30. The Morgan fingerprint density at radius 2 is 1.81 bits per heavy atom. The lowest BCUT2D eigenvalue weighted by molar-refractivity contribution is -0.135. The van der Waals surface area contributed by atoms with Crippen LogP contribution in [0.2, 0.25) is 0 Å². The summed E-state index contributed by atoms with van der Waals surface area (Å²) in [4.78, 5) is 25.7. The van der Waals surface area contributed by atoms with Crippen LogP contribution < -0.4 is 5.32 Å². The number of carboxylic acid groups (broad SMARTS) is 1. The third kappa shape index (κ3) is 3.69. The molecule has 1 fully saturated rings. The van der Waals surface area contributed by atoms with Gasteiger partial charge in [0.1, 0.15) is 6.54 Å². The van der Waals surface area contributed by atoms with Gasteiger partial charge in [-0.1, -0.05) is 0 Å². The summed E-state index contributed by atoms with van der Waals surface area (Å²) in [6.07, 6.45) is 0. The molecule has 0 aromatic rings. The standard InChI is InChI=1S/C10H19N3O3/c1-8(2)12-3-5-13(6-4-12)10(16)11-7-9(14)15/h8H,3-7H2,1-2H3,(H,11,16)(H,14,15). The number of nitrogens with one attached hydrogen (secondary N) is 1. The number of piperazine rings is 1. The van der Waals surface area contributed by atoms with Crippen molar-refractivity contribution in [2.24, 2.45) is 0 Å². The molecule has 0 bridgehead atoms. The Kier molecular flexibility index (Phi) is 4.54. The average Bonchev–Trinajstić information content (AvgIpc) is 2.26. The number of carboxylic acids is 1. The summed E-state index contributed by atoms with van der Waals surface area (Å²) in [6, 6.07) is 0.204. The molecular weight excluding hydrogens is 210 g/mol. The van der Waals surface area contributed by atoms with Crippen LogP contribution in [0.25, 0.3) is 0 Å². The van der Waals surface area contributed by atoms with Crippen LogP contribution in [-0.4, -0.2) is 65.7 Å². The maximum absolute atomic E-state index is 11.5. The summed E-state index contributed by atoms with van der Waals surface area (Å²) in [6.45, 7) is 6.94. The maximum Gasteiger partial charge on any atom is 0.323 e. The van der Waals surface area contributed by atoms with Crippen LogP contribution in [0, 0.1) is 0 Å². The molecule has 16 heavy (non-hydrogen) atoms. The number of carbonyl (C=O) groups excluding carboxylic acids is 1. The van der Waals surface area contributed by atoms with Gasteiger partial charge in [-0.05, 0) is 13.8 Å². The topological polar surface area (TPSA) is 72.9 Å². The van der Waals surface area contributed by atoms with E-state index in [2.05, 4.69) is 24.1 Å². The van der Waals surface area contributed by atoms with Gasteiger partial charge >= 0.3 is 12.0 Å². The first kappa shape index (κ1) is 12.8. The summed E-state index contributed by atoms with van der Waals surface area (Å²) >= 11 is 0. The average molecular weight is 229 g/mol. The van der Waals surface area contributed by atoms with Crippen LogP contribution in [0.3, 0.4) is 0 Å². The molecular formula is C10H19N3O3. The summed E-state index contributed by atoms with van der Waals surface area (Å²) < 4.78 is 0. The monoisotopic (exact) mass is 229 g/mol. The molecule has 1 rings (SSSR count). The van der Waals surface area contributed by atoms with Crippen molar-refractivity contribution in [3.05, 3.63) is 0 Å². The van der Waals surface area contributed by atoms with Gasteiger partial charge in [0.05, 0.1) is 0 Å². The van der Waals surface area contributed by atoms with Gasteiger partial charge in [0, 0.05) is 32.2 Å². The van der Waals surface area contributed by atoms with Crippen molar-refractivity contribution in [3.63, 3.8) is 0 Å². The Bertz CT molecular complexity index is 260. The van der Waals surface area contributed by atoms with Crippen molar-refractivity contribution in [2.45, 2.75) is 19.9 Å². The lowest BCUT2D eigenvalue weighted by Crippen LogP contribution is -2.53. The first-order valence-electron chi connectivity index (χ1n) is 5.49. The molecule has 0 aromatic heterocycles. The molecule has 6 heteroatoms. The molecule has 0 unspecified atom stereocenters. The molecule has 2 amide bonds. The fourth-order valence-corrected chi connectivity index (χ4v) is 1.70. The van der Waals surface area contributed by atoms with Crippen LogP contribution in [0.1, 0.15) is 13.8 Å². The van der Waals surface area contributed by atoms with Crippen molar-refractivity contribution < 1.29 is 14.7 Å². The third-order valence-corrected chi connectivity index (χ3v) is 2.72. The minimum atomic E-state index is -1.02. The Morgan fingerprint density at radius 3 is 2.25 bits per heavy atom. The second-order valence-electron chi connectivity index (χ2n) is 4.17. The quantitative estimate of drug-likeness (QED) is 0.703. The number of amides is 2. The molecule has 1 aliphatic heterocycles. The van der Waals surface area contributed by atoms with E-state index in [0.29, 0.717) is 19.1 Å². The zero-order chi connectivity index (χ0) is 12.1. The highest BCUT2D eigenvalue weighted by molar-refractivity contribution is 5.80. The summed E-state index contributed by atoms with van der Waals surface area (Å²) in [5.41, 5.74) is 0. The smallest absolute Gasteiger partial charge is 0.323 e. The van der Waals surface area contributed by atoms with Gasteiger partial charge in [0.2, 0.25) is 0 Å². The molecule has 2 N–H and O–H groups in total. The van der Waals surface area contributed by atoms with Crippen LogP contribution in [0.4, 0.5) is 4.79 Å². The van der Waals surface area contributed by atoms with Gasteiger partial charge in [-0.25, -0.2) is 4.79 Å². The fraction of sp³-hybridized carbons (Fsp3) is 0.800. The van der Waals surface area contributed by atoms with Gasteiger partial charge in [-0.3, -0.25) is 9.69 Å². The minimum Gasteiger partial charge on any atom is -0.480 e. The first-order valence-corrected chi connectivity index (χ1v) is 5.49. The zero-order valence-corrected chi connectivity index (χ0v) is 9.77. The summed E-state index contributed by atoms with van der Waals surface area (Å²) in [5, 5.41) is 10.8. The van der Waals surface area contributed by atoms with Crippen molar-refractivity contribution in [2.75, 3.05) is 32.7 Å². The van der Waals surface area contributed by atoms with Crippen LogP contribution in [0.15, 0.2) is 0 Å². The van der Waals surface area contributed by atoms with Crippen molar-refractivity contribution in [3.8, 4) is 0 Å². The molecule has 0 aliphatic carbocycles.